The molecule has 0 bridgehead atoms. The molecule has 23 heavy (non-hydrogen) atoms. The third-order valence-electron chi connectivity index (χ3n) is 4.20. The van der Waals surface area contributed by atoms with Crippen LogP contribution in [0.15, 0.2) is 29.6 Å². The summed E-state index contributed by atoms with van der Waals surface area (Å²) in [5, 5.41) is 27.4. The maximum atomic E-state index is 11.5. The van der Waals surface area contributed by atoms with Gasteiger partial charge in [-0.15, -0.1) is 11.3 Å². The van der Waals surface area contributed by atoms with Crippen LogP contribution in [0.5, 0.6) is 5.75 Å². The van der Waals surface area contributed by atoms with Crippen LogP contribution in [0, 0.1) is 17.0 Å². The third-order valence-corrected chi connectivity index (χ3v) is 5.12. The van der Waals surface area contributed by atoms with Crippen molar-refractivity contribution in [3.63, 3.8) is 0 Å². The van der Waals surface area contributed by atoms with E-state index < -0.39 is 4.92 Å². The van der Waals surface area contributed by atoms with Gasteiger partial charge in [0.15, 0.2) is 0 Å². The van der Waals surface area contributed by atoms with Crippen molar-refractivity contribution in [1.29, 1.82) is 0 Å². The number of phenolic OH excluding ortho intramolecular Hbond substituents is 1. The molecule has 1 aliphatic rings. The molecule has 1 aliphatic heterocycles. The second-order valence-corrected chi connectivity index (χ2v) is 6.60. The lowest BCUT2D eigenvalue weighted by atomic mass is 9.97. The first-order chi connectivity index (χ1) is 11.1. The zero-order valence-corrected chi connectivity index (χ0v) is 13.7. The molecule has 1 saturated heterocycles. The van der Waals surface area contributed by atoms with Gasteiger partial charge in [-0.05, 0) is 30.0 Å². The van der Waals surface area contributed by atoms with Crippen molar-refractivity contribution in [2.24, 2.45) is 0 Å². The highest BCUT2D eigenvalue weighted by Crippen LogP contribution is 2.43. The lowest BCUT2D eigenvalue weighted by Crippen LogP contribution is -2.45. The van der Waals surface area contributed by atoms with Gasteiger partial charge in [0.25, 0.3) is 5.69 Å². The minimum atomic E-state index is -0.405. The number of thiophene rings is 1. The number of piperazine rings is 1. The number of nitro benzene ring substituents is 1. The van der Waals surface area contributed by atoms with Gasteiger partial charge < -0.3 is 10.4 Å². The molecule has 2 N–H and O–H groups in total. The maximum Gasteiger partial charge on any atom is 0.278 e. The number of rotatable bonds is 4. The minimum absolute atomic E-state index is 0.0231. The monoisotopic (exact) mass is 333 g/mol. The van der Waals surface area contributed by atoms with Crippen LogP contribution in [0.3, 0.4) is 0 Å². The molecule has 1 atom stereocenters. The fourth-order valence-corrected chi connectivity index (χ4v) is 3.89. The average Bonchev–Trinajstić information content (AvgIpc) is 3.07. The van der Waals surface area contributed by atoms with E-state index >= 15 is 0 Å². The topological polar surface area (TPSA) is 78.6 Å². The Labute approximate surface area is 138 Å². The Balaban J connectivity index is 2.17. The molecule has 1 fully saturated rings. The Hall–Kier alpha value is -1.96. The smallest absolute Gasteiger partial charge is 0.278 e. The van der Waals surface area contributed by atoms with Gasteiger partial charge in [0.05, 0.1) is 16.5 Å². The number of nitro groups is 1. The first kappa shape index (κ1) is 15.9. The zero-order valence-electron chi connectivity index (χ0n) is 12.9. The molecule has 0 amide bonds. The van der Waals surface area contributed by atoms with Crippen molar-refractivity contribution in [3.8, 4) is 5.75 Å². The first-order valence-corrected chi connectivity index (χ1v) is 8.42. The van der Waals surface area contributed by atoms with Gasteiger partial charge in [0.1, 0.15) is 5.75 Å². The predicted octanol–water partition coefficient (Wildman–Crippen LogP) is 2.66. The number of benzene rings is 1. The van der Waals surface area contributed by atoms with Crippen LogP contribution in [-0.2, 0) is 0 Å². The van der Waals surface area contributed by atoms with Crippen molar-refractivity contribution >= 4 is 17.0 Å². The number of aryl methyl sites for hydroxylation is 1. The van der Waals surface area contributed by atoms with Crippen molar-refractivity contribution < 1.29 is 10.0 Å². The standard InChI is InChI=1S/C16H19N3O3S/c1-11-4-5-12(19(21)22)14(16(11)20)15(13-3-2-10-23-13)18-8-6-17-7-9-18/h2-5,10,15,17,20H,6-9H2,1H3/t15-/m1/s1. The summed E-state index contributed by atoms with van der Waals surface area (Å²) in [6.07, 6.45) is 0. The van der Waals surface area contributed by atoms with Crippen molar-refractivity contribution in [1.82, 2.24) is 10.2 Å². The third kappa shape index (κ3) is 3.08. The molecule has 1 aromatic heterocycles. The number of nitrogens with one attached hydrogen (secondary N) is 1. The number of hydrogen-bond acceptors (Lipinski definition) is 6. The molecule has 0 aliphatic carbocycles. The van der Waals surface area contributed by atoms with Crippen LogP contribution in [0.1, 0.15) is 22.0 Å². The highest BCUT2D eigenvalue weighted by Gasteiger charge is 2.33. The van der Waals surface area contributed by atoms with E-state index in [2.05, 4.69) is 10.2 Å². The summed E-state index contributed by atoms with van der Waals surface area (Å²) in [5.74, 6) is 0.0242. The molecule has 1 aromatic carbocycles. The van der Waals surface area contributed by atoms with Gasteiger partial charge >= 0.3 is 0 Å². The fraction of sp³-hybridized carbons (Fsp3) is 0.375. The minimum Gasteiger partial charge on any atom is -0.507 e. The Morgan fingerprint density at radius 2 is 2.09 bits per heavy atom. The summed E-state index contributed by atoms with van der Waals surface area (Å²) >= 11 is 1.56. The normalized spacial score (nSPS) is 17.1. The van der Waals surface area contributed by atoms with E-state index in [1.807, 2.05) is 17.5 Å². The van der Waals surface area contributed by atoms with Crippen LogP contribution in [0.2, 0.25) is 0 Å². The second kappa shape index (κ2) is 6.66. The van der Waals surface area contributed by atoms with E-state index in [1.165, 1.54) is 6.07 Å². The number of aromatic hydroxyl groups is 1. The lowest BCUT2D eigenvalue weighted by Gasteiger charge is -2.34. The molecular weight excluding hydrogens is 314 g/mol. The molecule has 0 spiro atoms. The van der Waals surface area contributed by atoms with Gasteiger partial charge in [-0.3, -0.25) is 15.0 Å². The van der Waals surface area contributed by atoms with Gasteiger partial charge in [-0.2, -0.15) is 0 Å². The summed E-state index contributed by atoms with van der Waals surface area (Å²) in [6, 6.07) is 6.71. The quantitative estimate of drug-likeness (QED) is 0.664. The van der Waals surface area contributed by atoms with Gasteiger partial charge in [0.2, 0.25) is 0 Å². The molecule has 3 rings (SSSR count). The van der Waals surface area contributed by atoms with Gasteiger partial charge in [-0.25, -0.2) is 0 Å². The molecule has 6 nitrogen and oxygen atoms in total. The summed E-state index contributed by atoms with van der Waals surface area (Å²) in [4.78, 5) is 14.3. The van der Waals surface area contributed by atoms with E-state index in [0.717, 1.165) is 31.1 Å². The van der Waals surface area contributed by atoms with E-state index in [4.69, 9.17) is 0 Å². The molecule has 2 aromatic rings. The summed E-state index contributed by atoms with van der Waals surface area (Å²) in [7, 11) is 0. The highest BCUT2D eigenvalue weighted by molar-refractivity contribution is 7.10. The SMILES string of the molecule is Cc1ccc([N+](=O)[O-])c([C@@H](c2cccs2)N2CCNCC2)c1O. The van der Waals surface area contributed by atoms with Crippen molar-refractivity contribution in [2.75, 3.05) is 26.2 Å². The molecular formula is C16H19N3O3S. The molecule has 2 heterocycles. The Kier molecular flexibility index (Phi) is 4.61. The number of nitrogens with zero attached hydrogens (tertiary/aromatic N) is 2. The molecule has 122 valence electrons. The van der Waals surface area contributed by atoms with Crippen LogP contribution in [0.25, 0.3) is 0 Å². The molecule has 0 saturated carbocycles. The van der Waals surface area contributed by atoms with E-state index in [0.29, 0.717) is 11.1 Å². The summed E-state index contributed by atoms with van der Waals surface area (Å²) in [5.41, 5.74) is 1.03. The first-order valence-electron chi connectivity index (χ1n) is 7.54. The predicted molar refractivity (Wildman–Crippen MR) is 90.1 cm³/mol. The van der Waals surface area contributed by atoms with E-state index in [-0.39, 0.29) is 17.5 Å². The average molecular weight is 333 g/mol. The van der Waals surface area contributed by atoms with E-state index in [9.17, 15) is 15.2 Å². The summed E-state index contributed by atoms with van der Waals surface area (Å²) in [6.45, 7) is 5.01. The van der Waals surface area contributed by atoms with Gasteiger partial charge in [-0.1, -0.05) is 6.07 Å². The van der Waals surface area contributed by atoms with Crippen LogP contribution in [-0.4, -0.2) is 41.1 Å². The largest absolute Gasteiger partial charge is 0.507 e. The Morgan fingerprint density at radius 3 is 2.70 bits per heavy atom. The number of hydrogen-bond donors (Lipinski definition) is 2. The molecule has 0 radical (unpaired) electrons. The second-order valence-electron chi connectivity index (χ2n) is 5.62. The van der Waals surface area contributed by atoms with E-state index in [1.54, 1.807) is 24.3 Å². The molecule has 7 heteroatoms. The lowest BCUT2D eigenvalue weighted by molar-refractivity contribution is -0.386. The number of phenols is 1. The van der Waals surface area contributed by atoms with Crippen LogP contribution in [0.4, 0.5) is 5.69 Å². The highest BCUT2D eigenvalue weighted by atomic mass is 32.1. The van der Waals surface area contributed by atoms with Crippen molar-refractivity contribution in [3.05, 3.63) is 55.8 Å². The van der Waals surface area contributed by atoms with Crippen molar-refractivity contribution in [2.45, 2.75) is 13.0 Å². The maximum absolute atomic E-state index is 11.5. The fourth-order valence-electron chi connectivity index (χ4n) is 3.03. The molecule has 0 unspecified atom stereocenters. The Morgan fingerprint density at radius 1 is 1.35 bits per heavy atom. The Bertz CT molecular complexity index is 697. The summed E-state index contributed by atoms with van der Waals surface area (Å²) < 4.78 is 0. The van der Waals surface area contributed by atoms with Crippen LogP contribution < -0.4 is 5.32 Å². The zero-order chi connectivity index (χ0) is 16.4. The van der Waals surface area contributed by atoms with Crippen LogP contribution >= 0.6 is 11.3 Å². The van der Waals surface area contributed by atoms with Gasteiger partial charge in [0, 0.05) is 37.1 Å².